The second-order valence-corrected chi connectivity index (χ2v) is 8.83. The van der Waals surface area contributed by atoms with E-state index in [2.05, 4.69) is 20.5 Å². The van der Waals surface area contributed by atoms with Gasteiger partial charge in [-0.2, -0.15) is 0 Å². The number of hydrogen-bond donors (Lipinski definition) is 2. The fourth-order valence-corrected chi connectivity index (χ4v) is 4.70. The molecule has 1 amide bonds. The van der Waals surface area contributed by atoms with Crippen molar-refractivity contribution in [2.24, 2.45) is 0 Å². The third kappa shape index (κ3) is 4.50. The first-order chi connectivity index (χ1) is 16.6. The Morgan fingerprint density at radius 1 is 1.09 bits per heavy atom. The summed E-state index contributed by atoms with van der Waals surface area (Å²) in [6.45, 7) is 0. The first-order valence-corrected chi connectivity index (χ1v) is 11.6. The second-order valence-electron chi connectivity index (χ2n) is 7.37. The maximum absolute atomic E-state index is 13.3. The summed E-state index contributed by atoms with van der Waals surface area (Å²) < 4.78 is 11.1. The van der Waals surface area contributed by atoms with E-state index < -0.39 is 5.25 Å². The Labute approximate surface area is 204 Å². The molecule has 170 valence electrons. The highest BCUT2D eigenvalue weighted by Gasteiger charge is 2.26. The molecule has 3 aromatic carbocycles. The van der Waals surface area contributed by atoms with Crippen LogP contribution in [0.1, 0.15) is 10.8 Å². The molecule has 2 aromatic heterocycles. The lowest BCUT2D eigenvalue weighted by atomic mass is 10.1. The number of ether oxygens (including phenoxy) is 1. The van der Waals surface area contributed by atoms with Crippen molar-refractivity contribution in [3.8, 4) is 17.2 Å². The highest BCUT2D eigenvalue weighted by atomic mass is 35.5. The molecule has 0 saturated heterocycles. The van der Waals surface area contributed by atoms with Crippen LogP contribution < -0.4 is 10.1 Å². The van der Waals surface area contributed by atoms with E-state index in [0.717, 1.165) is 22.0 Å². The van der Waals surface area contributed by atoms with Crippen molar-refractivity contribution in [1.29, 1.82) is 0 Å². The van der Waals surface area contributed by atoms with Gasteiger partial charge < -0.3 is 19.5 Å². The lowest BCUT2D eigenvalue weighted by Gasteiger charge is -2.15. The Hall–Kier alpha value is -3.75. The number of nitrogens with zero attached hydrogens (tertiary/aromatic N) is 2. The van der Waals surface area contributed by atoms with E-state index in [1.54, 1.807) is 18.2 Å². The number of halogens is 1. The van der Waals surface area contributed by atoms with Crippen molar-refractivity contribution >= 4 is 45.9 Å². The topological polar surface area (TPSA) is 93.0 Å². The molecule has 1 atom stereocenters. The molecule has 0 aliphatic carbocycles. The number of thioether (sulfide) groups is 1. The zero-order valence-corrected chi connectivity index (χ0v) is 19.6. The minimum absolute atomic E-state index is 0.246. The molecule has 2 heterocycles. The van der Waals surface area contributed by atoms with E-state index >= 15 is 0 Å². The predicted octanol–water partition coefficient (Wildman–Crippen LogP) is 6.35. The van der Waals surface area contributed by atoms with Crippen LogP contribution in [0.2, 0.25) is 5.02 Å². The molecule has 0 radical (unpaired) electrons. The Kier molecular flexibility index (Phi) is 6.24. The van der Waals surface area contributed by atoms with Crippen LogP contribution in [0.5, 0.6) is 5.75 Å². The number of carbonyl (C=O) groups excluding carboxylic acids is 1. The number of nitrogens with one attached hydrogen (secondary N) is 2. The number of aromatic amines is 1. The van der Waals surface area contributed by atoms with Gasteiger partial charge in [-0.15, -0.1) is 10.2 Å². The smallest absolute Gasteiger partial charge is 0.277 e. The summed E-state index contributed by atoms with van der Waals surface area (Å²) in [6.07, 6.45) is 1.83. The third-order valence-electron chi connectivity index (χ3n) is 5.20. The zero-order valence-electron chi connectivity index (χ0n) is 18.0. The van der Waals surface area contributed by atoms with Gasteiger partial charge >= 0.3 is 0 Å². The molecule has 1 unspecified atom stereocenters. The largest absolute Gasteiger partial charge is 0.495 e. The standard InChI is InChI=1S/C25H19ClN4O3S/c1-32-21-12-11-16(13-19(21)26)28-23(31)22(15-7-3-2-4-8-15)34-25-30-29-24(33-25)18-14-27-20-10-6-5-9-17(18)20/h2-14,22,27H,1H3,(H,28,31). The highest BCUT2D eigenvalue weighted by Crippen LogP contribution is 2.38. The van der Waals surface area contributed by atoms with Crippen molar-refractivity contribution in [1.82, 2.24) is 15.2 Å². The number of H-pyrrole nitrogens is 1. The fraction of sp³-hybridized carbons (Fsp3) is 0.0800. The van der Waals surface area contributed by atoms with Crippen LogP contribution >= 0.6 is 23.4 Å². The molecule has 9 heteroatoms. The van der Waals surface area contributed by atoms with Gasteiger partial charge in [0.25, 0.3) is 11.1 Å². The van der Waals surface area contributed by atoms with Crippen LogP contribution in [0.4, 0.5) is 5.69 Å². The van der Waals surface area contributed by atoms with Gasteiger partial charge in [-0.05, 0) is 41.6 Å². The first-order valence-electron chi connectivity index (χ1n) is 10.4. The van der Waals surface area contributed by atoms with Gasteiger partial charge in [0.1, 0.15) is 11.0 Å². The summed E-state index contributed by atoms with van der Waals surface area (Å²) in [5, 5.41) is 12.4. The molecule has 7 nitrogen and oxygen atoms in total. The van der Waals surface area contributed by atoms with Crippen LogP contribution in [0.15, 0.2) is 88.6 Å². The average molecular weight is 491 g/mol. The van der Waals surface area contributed by atoms with Crippen LogP contribution in [-0.2, 0) is 4.79 Å². The van der Waals surface area contributed by atoms with Crippen molar-refractivity contribution < 1.29 is 13.9 Å². The van der Waals surface area contributed by atoms with Gasteiger partial charge in [0.15, 0.2) is 0 Å². The summed E-state index contributed by atoms with van der Waals surface area (Å²) in [6, 6.07) is 22.4. The molecule has 0 aliphatic heterocycles. The summed E-state index contributed by atoms with van der Waals surface area (Å²) in [7, 11) is 1.54. The minimum Gasteiger partial charge on any atom is -0.495 e. The fourth-order valence-electron chi connectivity index (χ4n) is 3.57. The number of para-hydroxylation sites is 1. The number of aromatic nitrogens is 3. The molecular formula is C25H19ClN4O3S. The molecular weight excluding hydrogens is 472 g/mol. The lowest BCUT2D eigenvalue weighted by molar-refractivity contribution is -0.115. The highest BCUT2D eigenvalue weighted by molar-refractivity contribution is 8.00. The maximum atomic E-state index is 13.3. The number of methoxy groups -OCH3 is 1. The number of fused-ring (bicyclic) bond motifs is 1. The molecule has 0 bridgehead atoms. The van der Waals surface area contributed by atoms with E-state index in [0.29, 0.717) is 22.4 Å². The molecule has 2 N–H and O–H groups in total. The van der Waals surface area contributed by atoms with Crippen LogP contribution in [0, 0.1) is 0 Å². The molecule has 5 aromatic rings. The maximum Gasteiger partial charge on any atom is 0.277 e. The summed E-state index contributed by atoms with van der Waals surface area (Å²) in [5.74, 6) is 0.669. The number of amides is 1. The van der Waals surface area contributed by atoms with E-state index in [1.807, 2.05) is 60.8 Å². The predicted molar refractivity (Wildman–Crippen MR) is 133 cm³/mol. The SMILES string of the molecule is COc1ccc(NC(=O)C(Sc2nnc(-c3c[nH]c4ccccc34)o2)c2ccccc2)cc1Cl. The van der Waals surface area contributed by atoms with Crippen LogP contribution in [-0.4, -0.2) is 28.2 Å². The van der Waals surface area contributed by atoms with Crippen molar-refractivity contribution in [2.75, 3.05) is 12.4 Å². The third-order valence-corrected chi connectivity index (χ3v) is 6.59. The van der Waals surface area contributed by atoms with E-state index in [-0.39, 0.29) is 11.1 Å². The van der Waals surface area contributed by atoms with E-state index in [1.165, 1.54) is 18.9 Å². The molecule has 0 fully saturated rings. The van der Waals surface area contributed by atoms with Crippen molar-refractivity contribution in [3.05, 3.63) is 89.6 Å². The Balaban J connectivity index is 1.41. The lowest BCUT2D eigenvalue weighted by Crippen LogP contribution is -2.19. The Morgan fingerprint density at radius 2 is 1.88 bits per heavy atom. The van der Waals surface area contributed by atoms with Gasteiger partial charge in [0, 0.05) is 22.8 Å². The number of anilines is 1. The van der Waals surface area contributed by atoms with Crippen molar-refractivity contribution in [2.45, 2.75) is 10.5 Å². The molecule has 0 aliphatic rings. The number of benzene rings is 3. The molecule has 34 heavy (non-hydrogen) atoms. The van der Waals surface area contributed by atoms with Crippen LogP contribution in [0.25, 0.3) is 22.4 Å². The number of carbonyl (C=O) groups is 1. The van der Waals surface area contributed by atoms with Gasteiger partial charge in [0.2, 0.25) is 5.91 Å². The van der Waals surface area contributed by atoms with Gasteiger partial charge in [-0.3, -0.25) is 4.79 Å². The minimum atomic E-state index is -0.627. The first kappa shape index (κ1) is 22.1. The Morgan fingerprint density at radius 3 is 2.68 bits per heavy atom. The monoisotopic (exact) mass is 490 g/mol. The van der Waals surface area contributed by atoms with Crippen LogP contribution in [0.3, 0.4) is 0 Å². The van der Waals surface area contributed by atoms with E-state index in [9.17, 15) is 4.79 Å². The molecule has 5 rings (SSSR count). The zero-order chi connectivity index (χ0) is 23.5. The van der Waals surface area contributed by atoms with Gasteiger partial charge in [-0.25, -0.2) is 0 Å². The number of rotatable bonds is 7. The quantitative estimate of drug-likeness (QED) is 0.258. The Bertz CT molecular complexity index is 1450. The summed E-state index contributed by atoms with van der Waals surface area (Å²) >= 11 is 7.40. The van der Waals surface area contributed by atoms with Gasteiger partial charge in [-0.1, -0.05) is 60.1 Å². The van der Waals surface area contributed by atoms with E-state index in [4.69, 9.17) is 20.8 Å². The summed E-state index contributed by atoms with van der Waals surface area (Å²) in [5.41, 5.74) is 3.15. The normalized spacial score (nSPS) is 11.9. The summed E-state index contributed by atoms with van der Waals surface area (Å²) in [4.78, 5) is 16.5. The molecule has 0 saturated carbocycles. The second kappa shape index (κ2) is 9.62. The average Bonchev–Trinajstić information content (AvgIpc) is 3.50. The van der Waals surface area contributed by atoms with Gasteiger partial charge in [0.05, 0.1) is 17.7 Å². The van der Waals surface area contributed by atoms with Crippen molar-refractivity contribution in [3.63, 3.8) is 0 Å². The number of hydrogen-bond acceptors (Lipinski definition) is 6. The molecule has 0 spiro atoms.